The zero-order valence-corrected chi connectivity index (χ0v) is 27.9. The number of fused-ring (bicyclic) bond motifs is 1. The van der Waals surface area contributed by atoms with Crippen LogP contribution < -0.4 is 14.8 Å². The zero-order chi connectivity index (χ0) is 32.8. The number of likely N-dealkylation sites (N-methyl/N-ethyl adjacent to an activating group) is 1. The maximum Gasteiger partial charge on any atom is 0.220 e. The molecule has 5 aromatic rings. The third-order valence-corrected chi connectivity index (χ3v) is 8.61. The van der Waals surface area contributed by atoms with Gasteiger partial charge in [0.1, 0.15) is 18.1 Å². The molecule has 1 aromatic heterocycles. The average molecular weight is 630 g/mol. The van der Waals surface area contributed by atoms with Crippen LogP contribution in [0.3, 0.4) is 0 Å². The van der Waals surface area contributed by atoms with Crippen molar-refractivity contribution in [3.63, 3.8) is 0 Å². The van der Waals surface area contributed by atoms with Gasteiger partial charge in [-0.2, -0.15) is 0 Å². The number of allylic oxidation sites excluding steroid dienone is 1. The first-order chi connectivity index (χ1) is 23.1. The first kappa shape index (κ1) is 33.6. The van der Waals surface area contributed by atoms with Gasteiger partial charge in [-0.3, -0.25) is 4.79 Å². The molecule has 1 heterocycles. The lowest BCUT2D eigenvalue weighted by Gasteiger charge is -2.18. The molecule has 47 heavy (non-hydrogen) atoms. The van der Waals surface area contributed by atoms with E-state index in [0.29, 0.717) is 19.6 Å². The molecule has 0 saturated heterocycles. The number of ether oxygens (including phenoxy) is 2. The number of nitrogens with zero attached hydrogens (tertiary/aromatic N) is 1. The Hall–Kier alpha value is -4.81. The van der Waals surface area contributed by atoms with Crippen LogP contribution in [-0.2, 0) is 11.2 Å². The van der Waals surface area contributed by atoms with Gasteiger partial charge in [0.2, 0.25) is 5.91 Å². The second kappa shape index (κ2) is 17.2. The fourth-order valence-electron chi connectivity index (χ4n) is 6.02. The monoisotopic (exact) mass is 629 g/mol. The molecule has 0 fully saturated rings. The van der Waals surface area contributed by atoms with Gasteiger partial charge in [-0.15, -0.1) is 0 Å². The molecule has 0 aliphatic rings. The van der Waals surface area contributed by atoms with Crippen LogP contribution >= 0.6 is 0 Å². The van der Waals surface area contributed by atoms with E-state index in [4.69, 9.17) is 9.47 Å². The number of unbranched alkanes of at least 4 members (excludes halogenated alkanes) is 1. The minimum atomic E-state index is 0.108. The standard InChI is InChI=1S/C41H47N3O3/c1-4-37(31-13-7-5-8-14-31)41(32-15-9-6-10-16-32)33-18-20-35(21-19-33)47-28-27-44(2)26-12-11-17-40(45)42-25-24-34-30-43-39-23-22-36(46-3)29-38(34)39/h5-10,13-16,18-23,29-30,43H,4,11-12,17,24-28H2,1-3H3,(H,42,45)/b41-37-. The number of aromatic amines is 1. The van der Waals surface area contributed by atoms with Crippen LogP contribution in [0.25, 0.3) is 22.0 Å². The molecule has 0 radical (unpaired) electrons. The number of benzene rings is 4. The van der Waals surface area contributed by atoms with E-state index in [0.717, 1.165) is 61.2 Å². The Bertz CT molecular complexity index is 1730. The number of nitrogens with one attached hydrogen (secondary N) is 2. The van der Waals surface area contributed by atoms with Gasteiger partial charge in [0.25, 0.3) is 0 Å². The summed E-state index contributed by atoms with van der Waals surface area (Å²) < 4.78 is 11.5. The summed E-state index contributed by atoms with van der Waals surface area (Å²) in [5, 5.41) is 4.21. The second-order valence-electron chi connectivity index (χ2n) is 11.9. The molecule has 6 heteroatoms. The van der Waals surface area contributed by atoms with Crippen molar-refractivity contribution >= 4 is 28.0 Å². The number of amides is 1. The van der Waals surface area contributed by atoms with Crippen molar-refractivity contribution in [1.29, 1.82) is 0 Å². The van der Waals surface area contributed by atoms with Gasteiger partial charge in [-0.1, -0.05) is 79.7 Å². The molecule has 0 bridgehead atoms. The Morgan fingerprint density at radius 3 is 2.19 bits per heavy atom. The van der Waals surface area contributed by atoms with E-state index in [-0.39, 0.29) is 5.91 Å². The van der Waals surface area contributed by atoms with Gasteiger partial charge in [-0.25, -0.2) is 0 Å². The van der Waals surface area contributed by atoms with E-state index in [1.54, 1.807) is 7.11 Å². The lowest BCUT2D eigenvalue weighted by atomic mass is 9.88. The Morgan fingerprint density at radius 2 is 1.49 bits per heavy atom. The third-order valence-electron chi connectivity index (χ3n) is 8.61. The number of rotatable bonds is 17. The molecule has 0 aliphatic carbocycles. The van der Waals surface area contributed by atoms with Crippen molar-refractivity contribution in [2.75, 3.05) is 40.4 Å². The van der Waals surface area contributed by atoms with Crippen molar-refractivity contribution in [3.8, 4) is 11.5 Å². The summed E-state index contributed by atoms with van der Waals surface area (Å²) in [7, 11) is 3.78. The van der Waals surface area contributed by atoms with Gasteiger partial charge >= 0.3 is 0 Å². The summed E-state index contributed by atoms with van der Waals surface area (Å²) >= 11 is 0. The van der Waals surface area contributed by atoms with Crippen molar-refractivity contribution in [1.82, 2.24) is 15.2 Å². The molecule has 0 aliphatic heterocycles. The predicted octanol–water partition coefficient (Wildman–Crippen LogP) is 8.39. The number of hydrogen-bond donors (Lipinski definition) is 2. The van der Waals surface area contributed by atoms with E-state index >= 15 is 0 Å². The molecule has 244 valence electrons. The number of carbonyl (C=O) groups excluding carboxylic acids is 1. The maximum absolute atomic E-state index is 12.4. The average Bonchev–Trinajstić information content (AvgIpc) is 3.52. The summed E-state index contributed by atoms with van der Waals surface area (Å²) in [6.45, 7) is 5.21. The van der Waals surface area contributed by atoms with Gasteiger partial charge in [-0.05, 0) is 103 Å². The van der Waals surface area contributed by atoms with Gasteiger partial charge in [0.15, 0.2) is 0 Å². The Balaban J connectivity index is 1.03. The summed E-state index contributed by atoms with van der Waals surface area (Å²) in [5.41, 5.74) is 8.50. The van der Waals surface area contributed by atoms with Crippen molar-refractivity contribution in [2.45, 2.75) is 39.0 Å². The number of hydrogen-bond acceptors (Lipinski definition) is 4. The molecule has 2 N–H and O–H groups in total. The van der Waals surface area contributed by atoms with Crippen LogP contribution in [0, 0.1) is 0 Å². The number of H-pyrrole nitrogens is 1. The topological polar surface area (TPSA) is 66.6 Å². The second-order valence-corrected chi connectivity index (χ2v) is 11.9. The van der Waals surface area contributed by atoms with E-state index in [2.05, 4.69) is 114 Å². The van der Waals surface area contributed by atoms with Crippen LogP contribution in [0.15, 0.2) is 109 Å². The molecule has 0 saturated carbocycles. The molecular weight excluding hydrogens is 582 g/mol. The minimum Gasteiger partial charge on any atom is -0.497 e. The van der Waals surface area contributed by atoms with Crippen molar-refractivity contribution in [2.24, 2.45) is 0 Å². The fourth-order valence-corrected chi connectivity index (χ4v) is 6.02. The fraction of sp³-hybridized carbons (Fsp3) is 0.293. The summed E-state index contributed by atoms with van der Waals surface area (Å²) in [4.78, 5) is 18.0. The number of carbonyl (C=O) groups is 1. The Labute approximate surface area is 279 Å². The summed E-state index contributed by atoms with van der Waals surface area (Å²) in [6, 6.07) is 35.8. The first-order valence-electron chi connectivity index (χ1n) is 16.7. The summed E-state index contributed by atoms with van der Waals surface area (Å²) in [6.07, 6.45) is 6.11. The van der Waals surface area contributed by atoms with Gasteiger partial charge < -0.3 is 24.7 Å². The van der Waals surface area contributed by atoms with E-state index < -0.39 is 0 Å². The van der Waals surface area contributed by atoms with E-state index in [9.17, 15) is 4.79 Å². The Kier molecular flexibility index (Phi) is 12.3. The van der Waals surface area contributed by atoms with Gasteiger partial charge in [0, 0.05) is 36.6 Å². The third kappa shape index (κ3) is 9.36. The molecule has 0 spiro atoms. The van der Waals surface area contributed by atoms with Crippen LogP contribution in [0.1, 0.15) is 54.9 Å². The molecular formula is C41H47N3O3. The minimum absolute atomic E-state index is 0.108. The predicted molar refractivity (Wildman–Crippen MR) is 194 cm³/mol. The van der Waals surface area contributed by atoms with Crippen LogP contribution in [0.5, 0.6) is 11.5 Å². The van der Waals surface area contributed by atoms with Crippen LogP contribution in [0.4, 0.5) is 0 Å². The van der Waals surface area contributed by atoms with Crippen molar-refractivity contribution in [3.05, 3.63) is 132 Å². The highest BCUT2D eigenvalue weighted by molar-refractivity contribution is 5.98. The normalized spacial score (nSPS) is 11.8. The highest BCUT2D eigenvalue weighted by atomic mass is 16.5. The van der Waals surface area contributed by atoms with Crippen LogP contribution in [-0.4, -0.2) is 56.2 Å². The summed E-state index contributed by atoms with van der Waals surface area (Å²) in [5.74, 6) is 1.82. The smallest absolute Gasteiger partial charge is 0.220 e. The molecule has 5 rings (SSSR count). The highest BCUT2D eigenvalue weighted by Crippen LogP contribution is 2.35. The molecule has 4 aromatic carbocycles. The highest BCUT2D eigenvalue weighted by Gasteiger charge is 2.13. The van der Waals surface area contributed by atoms with Crippen LogP contribution in [0.2, 0.25) is 0 Å². The van der Waals surface area contributed by atoms with E-state index in [1.165, 1.54) is 33.4 Å². The SMILES string of the molecule is CC/C(=C(\c1ccccc1)c1ccc(OCCN(C)CCCCC(=O)NCCc2c[nH]c3ccc(OC)cc23)cc1)c1ccccc1. The van der Waals surface area contributed by atoms with E-state index in [1.807, 2.05) is 24.4 Å². The molecule has 6 nitrogen and oxygen atoms in total. The zero-order valence-electron chi connectivity index (χ0n) is 27.9. The molecule has 0 unspecified atom stereocenters. The van der Waals surface area contributed by atoms with Gasteiger partial charge in [0.05, 0.1) is 7.11 Å². The lowest BCUT2D eigenvalue weighted by molar-refractivity contribution is -0.121. The first-order valence-corrected chi connectivity index (χ1v) is 16.7. The quantitative estimate of drug-likeness (QED) is 0.0801. The maximum atomic E-state index is 12.4. The molecule has 1 amide bonds. The molecule has 0 atom stereocenters. The number of methoxy groups -OCH3 is 1. The van der Waals surface area contributed by atoms with Crippen molar-refractivity contribution < 1.29 is 14.3 Å². The lowest BCUT2D eigenvalue weighted by Crippen LogP contribution is -2.27. The Morgan fingerprint density at radius 1 is 0.809 bits per heavy atom. The number of aromatic nitrogens is 1. The largest absolute Gasteiger partial charge is 0.497 e.